The molecular weight excluding hydrogens is 230 g/mol. The van der Waals surface area contributed by atoms with Gasteiger partial charge in [-0.1, -0.05) is 18.2 Å². The molecular formula is C13H19N3S. The van der Waals surface area contributed by atoms with Gasteiger partial charge >= 0.3 is 0 Å². The lowest BCUT2D eigenvalue weighted by molar-refractivity contribution is 0.633. The number of guanidine groups is 1. The Balaban J connectivity index is 1.88. The third kappa shape index (κ3) is 3.89. The van der Waals surface area contributed by atoms with Crippen LogP contribution in [0, 0.1) is 0 Å². The highest BCUT2D eigenvalue weighted by molar-refractivity contribution is 7.09. The van der Waals surface area contributed by atoms with Gasteiger partial charge in [-0.3, -0.25) is 0 Å². The first-order valence-electron chi connectivity index (χ1n) is 6.10. The van der Waals surface area contributed by atoms with E-state index in [1.807, 2.05) is 0 Å². The van der Waals surface area contributed by atoms with Crippen LogP contribution < -0.4 is 10.6 Å². The first kappa shape index (κ1) is 12.2. The maximum absolute atomic E-state index is 4.60. The summed E-state index contributed by atoms with van der Waals surface area (Å²) in [7, 11) is 0. The van der Waals surface area contributed by atoms with Crippen molar-refractivity contribution in [3.8, 4) is 0 Å². The normalized spacial score (nSPS) is 16.4. The summed E-state index contributed by atoms with van der Waals surface area (Å²) in [5, 5.41) is 8.84. The van der Waals surface area contributed by atoms with Gasteiger partial charge in [-0.15, -0.1) is 11.3 Å². The number of nitrogens with zero attached hydrogens (tertiary/aromatic N) is 1. The third-order valence-electron chi connectivity index (χ3n) is 2.67. The van der Waals surface area contributed by atoms with E-state index in [-0.39, 0.29) is 0 Å². The molecule has 0 atom stereocenters. The Hall–Kier alpha value is -1.29. The van der Waals surface area contributed by atoms with E-state index in [0.717, 1.165) is 31.9 Å². The molecule has 0 saturated carbocycles. The van der Waals surface area contributed by atoms with Crippen molar-refractivity contribution < 1.29 is 0 Å². The molecule has 0 saturated heterocycles. The Morgan fingerprint density at radius 2 is 2.29 bits per heavy atom. The number of aliphatic imine (C=N–C) groups is 1. The predicted octanol–water partition coefficient (Wildman–Crippen LogP) is 2.52. The Bertz CT molecular complexity index is 373. The van der Waals surface area contributed by atoms with Crippen LogP contribution in [0.15, 0.2) is 34.7 Å². The topological polar surface area (TPSA) is 36.4 Å². The monoisotopic (exact) mass is 249 g/mol. The van der Waals surface area contributed by atoms with E-state index in [1.54, 1.807) is 11.3 Å². The molecule has 3 nitrogen and oxygen atoms in total. The van der Waals surface area contributed by atoms with E-state index in [1.165, 1.54) is 4.88 Å². The Morgan fingerprint density at radius 3 is 2.94 bits per heavy atom. The number of hydrogen-bond donors (Lipinski definition) is 2. The van der Waals surface area contributed by atoms with Crippen molar-refractivity contribution in [1.29, 1.82) is 0 Å². The molecule has 1 aliphatic carbocycles. The van der Waals surface area contributed by atoms with Gasteiger partial charge in [-0.25, -0.2) is 4.99 Å². The lowest BCUT2D eigenvalue weighted by Gasteiger charge is -2.16. The minimum Gasteiger partial charge on any atom is -0.357 e. The van der Waals surface area contributed by atoms with Gasteiger partial charge in [0.05, 0.1) is 6.54 Å². The van der Waals surface area contributed by atoms with Crippen LogP contribution in [0.4, 0.5) is 0 Å². The first-order chi connectivity index (χ1) is 8.38. The Labute approximate surface area is 107 Å². The smallest absolute Gasteiger partial charge is 0.191 e. The molecule has 1 aromatic rings. The van der Waals surface area contributed by atoms with Crippen molar-refractivity contribution in [2.75, 3.05) is 6.54 Å². The van der Waals surface area contributed by atoms with Crippen molar-refractivity contribution in [2.45, 2.75) is 32.4 Å². The van der Waals surface area contributed by atoms with Crippen LogP contribution >= 0.6 is 11.3 Å². The molecule has 2 rings (SSSR count). The molecule has 0 aliphatic heterocycles. The van der Waals surface area contributed by atoms with Gasteiger partial charge in [0.2, 0.25) is 0 Å². The average Bonchev–Trinajstić information content (AvgIpc) is 2.99. The van der Waals surface area contributed by atoms with Crippen LogP contribution in [0.1, 0.15) is 24.6 Å². The fourth-order valence-electron chi connectivity index (χ4n) is 1.81. The summed E-state index contributed by atoms with van der Waals surface area (Å²) >= 11 is 1.75. The van der Waals surface area contributed by atoms with Crippen molar-refractivity contribution in [3.63, 3.8) is 0 Å². The molecule has 0 fully saturated rings. The number of thiophene rings is 1. The van der Waals surface area contributed by atoms with Crippen LogP contribution in [-0.2, 0) is 6.54 Å². The van der Waals surface area contributed by atoms with E-state index >= 15 is 0 Å². The molecule has 1 heterocycles. The molecule has 0 bridgehead atoms. The van der Waals surface area contributed by atoms with Gasteiger partial charge in [0.15, 0.2) is 5.96 Å². The second-order valence-electron chi connectivity index (χ2n) is 4.06. The zero-order valence-corrected chi connectivity index (χ0v) is 11.0. The van der Waals surface area contributed by atoms with Gasteiger partial charge in [0, 0.05) is 17.5 Å². The summed E-state index contributed by atoms with van der Waals surface area (Å²) in [4.78, 5) is 5.89. The van der Waals surface area contributed by atoms with Crippen LogP contribution in [0.2, 0.25) is 0 Å². The Kier molecular flexibility index (Phi) is 4.62. The molecule has 17 heavy (non-hydrogen) atoms. The summed E-state index contributed by atoms with van der Waals surface area (Å²) < 4.78 is 0. The summed E-state index contributed by atoms with van der Waals surface area (Å²) in [6.45, 7) is 3.75. The van der Waals surface area contributed by atoms with Gasteiger partial charge in [0.25, 0.3) is 0 Å². The molecule has 0 aromatic carbocycles. The van der Waals surface area contributed by atoms with Gasteiger partial charge in [-0.05, 0) is 31.2 Å². The molecule has 1 aromatic heterocycles. The second-order valence-corrected chi connectivity index (χ2v) is 5.09. The number of rotatable bonds is 4. The minimum atomic E-state index is 0.510. The SMILES string of the molecule is CCNC(=NCc1cccs1)NC1CC=CC1. The zero-order chi connectivity index (χ0) is 11.9. The second kappa shape index (κ2) is 6.45. The third-order valence-corrected chi connectivity index (χ3v) is 3.53. The summed E-state index contributed by atoms with van der Waals surface area (Å²) in [5.41, 5.74) is 0. The quantitative estimate of drug-likeness (QED) is 0.489. The average molecular weight is 249 g/mol. The molecule has 0 radical (unpaired) electrons. The first-order valence-corrected chi connectivity index (χ1v) is 6.98. The summed E-state index contributed by atoms with van der Waals surface area (Å²) in [5.74, 6) is 0.926. The molecule has 0 amide bonds. The zero-order valence-electron chi connectivity index (χ0n) is 10.1. The summed E-state index contributed by atoms with van der Waals surface area (Å²) in [6, 6.07) is 4.70. The predicted molar refractivity (Wildman–Crippen MR) is 74.4 cm³/mol. The lowest BCUT2D eigenvalue weighted by Crippen LogP contribution is -2.42. The fraction of sp³-hybridized carbons (Fsp3) is 0.462. The standard InChI is InChI=1S/C13H19N3S/c1-2-14-13(16-11-6-3-4-7-11)15-10-12-8-5-9-17-12/h3-5,8-9,11H,2,6-7,10H2,1H3,(H2,14,15,16). The molecule has 1 aliphatic rings. The lowest BCUT2D eigenvalue weighted by atomic mass is 10.2. The number of hydrogen-bond acceptors (Lipinski definition) is 2. The van der Waals surface area contributed by atoms with Crippen LogP contribution in [-0.4, -0.2) is 18.5 Å². The Morgan fingerprint density at radius 1 is 1.47 bits per heavy atom. The van der Waals surface area contributed by atoms with Gasteiger partial charge in [0.1, 0.15) is 0 Å². The highest BCUT2D eigenvalue weighted by Crippen LogP contribution is 2.11. The van der Waals surface area contributed by atoms with E-state index in [4.69, 9.17) is 0 Å². The highest BCUT2D eigenvalue weighted by Gasteiger charge is 2.11. The maximum atomic E-state index is 4.60. The molecule has 2 N–H and O–H groups in total. The van der Waals surface area contributed by atoms with E-state index in [9.17, 15) is 0 Å². The molecule has 0 unspecified atom stereocenters. The minimum absolute atomic E-state index is 0.510. The van der Waals surface area contributed by atoms with Crippen molar-refractivity contribution in [2.24, 2.45) is 4.99 Å². The van der Waals surface area contributed by atoms with Gasteiger partial charge in [-0.2, -0.15) is 0 Å². The maximum Gasteiger partial charge on any atom is 0.191 e. The van der Waals surface area contributed by atoms with Crippen molar-refractivity contribution in [3.05, 3.63) is 34.5 Å². The van der Waals surface area contributed by atoms with E-state index in [2.05, 4.69) is 52.2 Å². The molecule has 4 heteroatoms. The van der Waals surface area contributed by atoms with Crippen molar-refractivity contribution >= 4 is 17.3 Å². The summed E-state index contributed by atoms with van der Waals surface area (Å²) in [6.07, 6.45) is 6.65. The van der Waals surface area contributed by atoms with E-state index in [0.29, 0.717) is 6.04 Å². The van der Waals surface area contributed by atoms with Crippen LogP contribution in [0.25, 0.3) is 0 Å². The fourth-order valence-corrected chi connectivity index (χ4v) is 2.44. The number of nitrogens with one attached hydrogen (secondary N) is 2. The molecule has 92 valence electrons. The largest absolute Gasteiger partial charge is 0.357 e. The highest BCUT2D eigenvalue weighted by atomic mass is 32.1. The van der Waals surface area contributed by atoms with Gasteiger partial charge < -0.3 is 10.6 Å². The molecule has 0 spiro atoms. The van der Waals surface area contributed by atoms with E-state index < -0.39 is 0 Å². The van der Waals surface area contributed by atoms with Crippen molar-refractivity contribution in [1.82, 2.24) is 10.6 Å². The van der Waals surface area contributed by atoms with Crippen LogP contribution in [0.3, 0.4) is 0 Å². The van der Waals surface area contributed by atoms with Crippen LogP contribution in [0.5, 0.6) is 0 Å².